The summed E-state index contributed by atoms with van der Waals surface area (Å²) in [7, 11) is 0. The van der Waals surface area contributed by atoms with Crippen LogP contribution in [-0.4, -0.2) is 24.8 Å². The molecule has 15 heavy (non-hydrogen) atoms. The van der Waals surface area contributed by atoms with Crippen molar-refractivity contribution in [3.05, 3.63) is 0 Å². The van der Waals surface area contributed by atoms with E-state index in [0.29, 0.717) is 0 Å². The van der Waals surface area contributed by atoms with Crippen LogP contribution < -0.4 is 10.6 Å². The van der Waals surface area contributed by atoms with Gasteiger partial charge in [0.15, 0.2) is 0 Å². The first-order chi connectivity index (χ1) is 6.97. The number of alkyl halides is 3. The van der Waals surface area contributed by atoms with Crippen LogP contribution in [0, 0.1) is 0 Å². The first-order valence-electron chi connectivity index (χ1n) is 5.08. The molecule has 0 aromatic carbocycles. The van der Waals surface area contributed by atoms with Crippen LogP contribution >= 0.6 is 0 Å². The van der Waals surface area contributed by atoms with Crippen molar-refractivity contribution in [2.75, 3.05) is 6.54 Å². The zero-order chi connectivity index (χ0) is 11.3. The maximum Gasteiger partial charge on any atom is 0.390 e. The van der Waals surface area contributed by atoms with Gasteiger partial charge in [-0.3, -0.25) is 0 Å². The molecule has 1 aliphatic rings. The monoisotopic (exact) mass is 224 g/mol. The van der Waals surface area contributed by atoms with Crippen molar-refractivity contribution in [1.29, 1.82) is 0 Å². The van der Waals surface area contributed by atoms with E-state index in [4.69, 9.17) is 0 Å². The summed E-state index contributed by atoms with van der Waals surface area (Å²) in [5.74, 6) is 0. The van der Waals surface area contributed by atoms with Crippen LogP contribution in [0.3, 0.4) is 0 Å². The fourth-order valence-corrected chi connectivity index (χ4v) is 1.62. The highest BCUT2D eigenvalue weighted by Gasteiger charge is 2.26. The summed E-state index contributed by atoms with van der Waals surface area (Å²) in [5.41, 5.74) is 0. The number of amides is 2. The van der Waals surface area contributed by atoms with Gasteiger partial charge in [0.05, 0.1) is 6.42 Å². The van der Waals surface area contributed by atoms with E-state index in [1.165, 1.54) is 0 Å². The first-order valence-corrected chi connectivity index (χ1v) is 5.08. The highest BCUT2D eigenvalue weighted by atomic mass is 19.4. The highest BCUT2D eigenvalue weighted by molar-refractivity contribution is 5.74. The second kappa shape index (κ2) is 5.23. The van der Waals surface area contributed by atoms with Gasteiger partial charge in [-0.25, -0.2) is 4.79 Å². The predicted molar refractivity (Wildman–Crippen MR) is 49.5 cm³/mol. The minimum Gasteiger partial charge on any atom is -0.338 e. The van der Waals surface area contributed by atoms with Gasteiger partial charge < -0.3 is 10.6 Å². The van der Waals surface area contributed by atoms with Crippen LogP contribution in [0.25, 0.3) is 0 Å². The molecule has 88 valence electrons. The minimum atomic E-state index is -4.21. The number of carbonyl (C=O) groups is 1. The zero-order valence-corrected chi connectivity index (χ0v) is 8.36. The molecule has 0 aromatic heterocycles. The Morgan fingerprint density at radius 2 is 1.87 bits per heavy atom. The van der Waals surface area contributed by atoms with Crippen LogP contribution in [0.2, 0.25) is 0 Å². The van der Waals surface area contributed by atoms with E-state index in [1.54, 1.807) is 0 Å². The maximum absolute atomic E-state index is 11.7. The number of rotatable bonds is 3. The second-order valence-corrected chi connectivity index (χ2v) is 3.75. The SMILES string of the molecule is O=C(NCCC(F)(F)F)NC1CCCC1. The van der Waals surface area contributed by atoms with Gasteiger partial charge in [-0.05, 0) is 12.8 Å². The first kappa shape index (κ1) is 12.1. The van der Waals surface area contributed by atoms with E-state index in [-0.39, 0.29) is 12.6 Å². The number of hydrogen-bond acceptors (Lipinski definition) is 1. The normalized spacial score (nSPS) is 17.8. The number of urea groups is 1. The Hall–Kier alpha value is -0.940. The number of carbonyl (C=O) groups excluding carboxylic acids is 1. The van der Waals surface area contributed by atoms with Crippen LogP contribution in [0.5, 0.6) is 0 Å². The predicted octanol–water partition coefficient (Wildman–Crippen LogP) is 2.18. The molecular formula is C9H15F3N2O. The summed E-state index contributed by atoms with van der Waals surface area (Å²) in [6.07, 6.45) is -1.19. The summed E-state index contributed by atoms with van der Waals surface area (Å²) < 4.78 is 35.2. The van der Waals surface area contributed by atoms with Crippen LogP contribution in [0.4, 0.5) is 18.0 Å². The summed E-state index contributed by atoms with van der Waals surface area (Å²) in [4.78, 5) is 11.1. The van der Waals surface area contributed by atoms with Crippen LogP contribution in [-0.2, 0) is 0 Å². The van der Waals surface area contributed by atoms with Crippen LogP contribution in [0.15, 0.2) is 0 Å². The molecule has 1 rings (SSSR count). The van der Waals surface area contributed by atoms with Crippen molar-refractivity contribution < 1.29 is 18.0 Å². The van der Waals surface area contributed by atoms with Crippen molar-refractivity contribution in [2.24, 2.45) is 0 Å². The molecule has 0 atom stereocenters. The minimum absolute atomic E-state index is 0.135. The van der Waals surface area contributed by atoms with E-state index in [0.717, 1.165) is 25.7 Å². The lowest BCUT2D eigenvalue weighted by atomic mass is 10.2. The second-order valence-electron chi connectivity index (χ2n) is 3.75. The number of hydrogen-bond donors (Lipinski definition) is 2. The standard InChI is InChI=1S/C9H15F3N2O/c10-9(11,12)5-6-13-8(15)14-7-3-1-2-4-7/h7H,1-6H2,(H2,13,14,15). The average molecular weight is 224 g/mol. The molecule has 0 saturated heterocycles. The van der Waals surface area contributed by atoms with E-state index < -0.39 is 18.6 Å². The Morgan fingerprint density at radius 1 is 1.27 bits per heavy atom. The third-order valence-corrected chi connectivity index (χ3v) is 2.38. The van der Waals surface area contributed by atoms with Crippen LogP contribution in [0.1, 0.15) is 32.1 Å². The molecular weight excluding hydrogens is 209 g/mol. The molecule has 1 fully saturated rings. The van der Waals surface area contributed by atoms with Crippen molar-refractivity contribution in [3.63, 3.8) is 0 Å². The van der Waals surface area contributed by atoms with Crippen molar-refractivity contribution in [1.82, 2.24) is 10.6 Å². The summed E-state index contributed by atoms with van der Waals surface area (Å²) in [6.45, 7) is -0.359. The Labute approximate surface area is 86.4 Å². The maximum atomic E-state index is 11.7. The smallest absolute Gasteiger partial charge is 0.338 e. The number of nitrogens with one attached hydrogen (secondary N) is 2. The van der Waals surface area contributed by atoms with E-state index >= 15 is 0 Å². The molecule has 0 radical (unpaired) electrons. The van der Waals surface area contributed by atoms with Crippen molar-refractivity contribution in [2.45, 2.75) is 44.3 Å². The third-order valence-electron chi connectivity index (χ3n) is 2.38. The molecule has 1 saturated carbocycles. The lowest BCUT2D eigenvalue weighted by Crippen LogP contribution is -2.41. The van der Waals surface area contributed by atoms with Gasteiger partial charge in [0.25, 0.3) is 0 Å². The molecule has 2 amide bonds. The van der Waals surface area contributed by atoms with E-state index in [1.807, 2.05) is 0 Å². The summed E-state index contributed by atoms with van der Waals surface area (Å²) in [6, 6.07) is -0.359. The van der Waals surface area contributed by atoms with Gasteiger partial charge in [-0.1, -0.05) is 12.8 Å². The molecule has 0 bridgehead atoms. The van der Waals surface area contributed by atoms with Gasteiger partial charge in [0.2, 0.25) is 0 Å². The topological polar surface area (TPSA) is 41.1 Å². The van der Waals surface area contributed by atoms with E-state index in [2.05, 4.69) is 10.6 Å². The largest absolute Gasteiger partial charge is 0.390 e. The zero-order valence-electron chi connectivity index (χ0n) is 8.36. The van der Waals surface area contributed by atoms with Crippen molar-refractivity contribution >= 4 is 6.03 Å². The lowest BCUT2D eigenvalue weighted by Gasteiger charge is -2.13. The highest BCUT2D eigenvalue weighted by Crippen LogP contribution is 2.18. The molecule has 0 aliphatic heterocycles. The Balaban J connectivity index is 2.08. The number of halogens is 3. The molecule has 0 aromatic rings. The molecule has 0 unspecified atom stereocenters. The van der Waals surface area contributed by atoms with Gasteiger partial charge in [0, 0.05) is 12.6 Å². The average Bonchev–Trinajstić information content (AvgIpc) is 2.54. The van der Waals surface area contributed by atoms with Gasteiger partial charge in [-0.2, -0.15) is 13.2 Å². The van der Waals surface area contributed by atoms with Gasteiger partial charge >= 0.3 is 12.2 Å². The molecule has 3 nitrogen and oxygen atoms in total. The summed E-state index contributed by atoms with van der Waals surface area (Å²) >= 11 is 0. The molecule has 6 heteroatoms. The van der Waals surface area contributed by atoms with Gasteiger partial charge in [-0.15, -0.1) is 0 Å². The van der Waals surface area contributed by atoms with Gasteiger partial charge in [0.1, 0.15) is 0 Å². The quantitative estimate of drug-likeness (QED) is 0.758. The molecule has 0 heterocycles. The lowest BCUT2D eigenvalue weighted by molar-refractivity contribution is -0.132. The Kier molecular flexibility index (Phi) is 4.23. The summed E-state index contributed by atoms with van der Waals surface area (Å²) in [5, 5.41) is 4.84. The van der Waals surface area contributed by atoms with E-state index in [9.17, 15) is 18.0 Å². The molecule has 2 N–H and O–H groups in total. The molecule has 1 aliphatic carbocycles. The fourth-order valence-electron chi connectivity index (χ4n) is 1.62. The fraction of sp³-hybridized carbons (Fsp3) is 0.889. The van der Waals surface area contributed by atoms with Crippen molar-refractivity contribution in [3.8, 4) is 0 Å². The Bertz CT molecular complexity index is 212. The molecule has 0 spiro atoms. The Morgan fingerprint density at radius 3 is 2.40 bits per heavy atom. The third kappa shape index (κ3) is 5.49.